The van der Waals surface area contributed by atoms with Gasteiger partial charge in [0.2, 0.25) is 0 Å². The minimum atomic E-state index is -0.538. The van der Waals surface area contributed by atoms with Crippen LogP contribution in [0.15, 0.2) is 66.7 Å². The zero-order valence-corrected chi connectivity index (χ0v) is 17.0. The van der Waals surface area contributed by atoms with Gasteiger partial charge in [-0.25, -0.2) is 0 Å². The first kappa shape index (κ1) is 21.3. The molecule has 0 unspecified atom stereocenters. The Morgan fingerprint density at radius 2 is 1.71 bits per heavy atom. The number of carbonyl (C=O) groups excluding carboxylic acids is 2. The standard InChI is InChI=1S/C24H19N3O4/c1-4-16-8-7-9-18(14-16)25-24(29)20-11-6-5-10-19(20)23(28)17-12-13-21(26(2)3)22(15-17)27(30)31/h1,5-15H,2-3H3,(H,25,29). The summed E-state index contributed by atoms with van der Waals surface area (Å²) in [6, 6.07) is 17.3. The van der Waals surface area contributed by atoms with Gasteiger partial charge in [0.25, 0.3) is 11.6 Å². The van der Waals surface area contributed by atoms with E-state index in [0.29, 0.717) is 16.9 Å². The second-order valence-electron chi connectivity index (χ2n) is 6.91. The van der Waals surface area contributed by atoms with Crippen molar-refractivity contribution >= 4 is 28.8 Å². The molecule has 0 bridgehead atoms. The molecule has 1 amide bonds. The summed E-state index contributed by atoms with van der Waals surface area (Å²) in [5.74, 6) is 1.52. The number of carbonyl (C=O) groups is 2. The van der Waals surface area contributed by atoms with E-state index in [1.54, 1.807) is 55.4 Å². The summed E-state index contributed by atoms with van der Waals surface area (Å²) in [7, 11) is 3.36. The first-order valence-electron chi connectivity index (χ1n) is 9.29. The molecule has 0 radical (unpaired) electrons. The molecule has 31 heavy (non-hydrogen) atoms. The lowest BCUT2D eigenvalue weighted by molar-refractivity contribution is -0.384. The van der Waals surface area contributed by atoms with E-state index in [0.717, 1.165) is 0 Å². The average Bonchev–Trinajstić information content (AvgIpc) is 2.78. The third-order valence-electron chi connectivity index (χ3n) is 4.62. The SMILES string of the molecule is C#Cc1cccc(NC(=O)c2ccccc2C(=O)c2ccc(N(C)C)c([N+](=O)[O-])c2)c1. The van der Waals surface area contributed by atoms with Crippen LogP contribution in [0, 0.1) is 22.5 Å². The van der Waals surface area contributed by atoms with Crippen LogP contribution in [0.2, 0.25) is 0 Å². The van der Waals surface area contributed by atoms with Gasteiger partial charge in [-0.2, -0.15) is 0 Å². The Morgan fingerprint density at radius 1 is 1.00 bits per heavy atom. The topological polar surface area (TPSA) is 92.6 Å². The van der Waals surface area contributed by atoms with Gasteiger partial charge in [-0.15, -0.1) is 6.42 Å². The van der Waals surface area contributed by atoms with E-state index >= 15 is 0 Å². The highest BCUT2D eigenvalue weighted by Gasteiger charge is 2.22. The number of rotatable bonds is 6. The van der Waals surface area contributed by atoms with Crippen molar-refractivity contribution in [3.8, 4) is 12.3 Å². The largest absolute Gasteiger partial charge is 0.372 e. The Balaban J connectivity index is 1.97. The van der Waals surface area contributed by atoms with Gasteiger partial charge < -0.3 is 10.2 Å². The lowest BCUT2D eigenvalue weighted by atomic mass is 9.97. The van der Waals surface area contributed by atoms with Gasteiger partial charge in [-0.3, -0.25) is 19.7 Å². The molecular formula is C24H19N3O4. The van der Waals surface area contributed by atoms with Crippen LogP contribution in [0.25, 0.3) is 0 Å². The lowest BCUT2D eigenvalue weighted by Gasteiger charge is -2.14. The molecule has 1 N–H and O–H groups in total. The zero-order chi connectivity index (χ0) is 22.5. The molecule has 0 aromatic heterocycles. The Hall–Kier alpha value is -4.44. The average molecular weight is 413 g/mol. The molecule has 3 aromatic carbocycles. The van der Waals surface area contributed by atoms with Crippen molar-refractivity contribution in [2.45, 2.75) is 0 Å². The number of benzene rings is 3. The monoisotopic (exact) mass is 413 g/mol. The number of hydrogen-bond acceptors (Lipinski definition) is 5. The van der Waals surface area contributed by atoms with Crippen LogP contribution in [0.1, 0.15) is 31.8 Å². The minimum absolute atomic E-state index is 0.117. The summed E-state index contributed by atoms with van der Waals surface area (Å²) >= 11 is 0. The zero-order valence-electron chi connectivity index (χ0n) is 17.0. The Labute approximate surface area is 179 Å². The van der Waals surface area contributed by atoms with E-state index in [1.165, 1.54) is 30.3 Å². The molecule has 0 spiro atoms. The Kier molecular flexibility index (Phi) is 6.13. The van der Waals surface area contributed by atoms with Crippen LogP contribution >= 0.6 is 0 Å². The van der Waals surface area contributed by atoms with Gasteiger partial charge >= 0.3 is 0 Å². The Bertz CT molecular complexity index is 1230. The molecular weight excluding hydrogens is 394 g/mol. The minimum Gasteiger partial charge on any atom is -0.372 e. The fourth-order valence-electron chi connectivity index (χ4n) is 3.11. The van der Waals surface area contributed by atoms with Crippen LogP contribution in [0.3, 0.4) is 0 Å². The maximum Gasteiger partial charge on any atom is 0.293 e. The van der Waals surface area contributed by atoms with Crippen molar-refractivity contribution in [1.29, 1.82) is 0 Å². The summed E-state index contributed by atoms with van der Waals surface area (Å²) in [6.07, 6.45) is 5.39. The molecule has 0 saturated carbocycles. The number of nitro groups is 1. The number of hydrogen-bond donors (Lipinski definition) is 1. The molecule has 154 valence electrons. The van der Waals surface area contributed by atoms with Gasteiger partial charge in [0, 0.05) is 42.5 Å². The van der Waals surface area contributed by atoms with Gasteiger partial charge in [0.05, 0.1) is 10.5 Å². The summed E-state index contributed by atoms with van der Waals surface area (Å²) in [6.45, 7) is 0. The maximum atomic E-state index is 13.1. The van der Waals surface area contributed by atoms with E-state index in [1.807, 2.05) is 0 Å². The third-order valence-corrected chi connectivity index (χ3v) is 4.62. The fourth-order valence-corrected chi connectivity index (χ4v) is 3.11. The smallest absolute Gasteiger partial charge is 0.293 e. The number of nitrogens with zero attached hydrogens (tertiary/aromatic N) is 2. The first-order valence-corrected chi connectivity index (χ1v) is 9.29. The van der Waals surface area contributed by atoms with Crippen LogP contribution in [-0.2, 0) is 0 Å². The second kappa shape index (κ2) is 8.93. The number of ketones is 1. The predicted octanol–water partition coefficient (Wildman–Crippen LogP) is 4.13. The maximum absolute atomic E-state index is 13.1. The fraction of sp³-hybridized carbons (Fsp3) is 0.0833. The highest BCUT2D eigenvalue weighted by Crippen LogP contribution is 2.29. The molecule has 7 heteroatoms. The number of anilines is 2. The molecule has 0 aliphatic heterocycles. The van der Waals surface area contributed by atoms with E-state index in [-0.39, 0.29) is 22.4 Å². The van der Waals surface area contributed by atoms with Crippen LogP contribution < -0.4 is 10.2 Å². The molecule has 7 nitrogen and oxygen atoms in total. The highest BCUT2D eigenvalue weighted by atomic mass is 16.6. The molecule has 0 aliphatic rings. The lowest BCUT2D eigenvalue weighted by Crippen LogP contribution is -2.17. The van der Waals surface area contributed by atoms with Gasteiger partial charge in [0.15, 0.2) is 5.78 Å². The summed E-state index contributed by atoms with van der Waals surface area (Å²) in [5, 5.41) is 14.2. The van der Waals surface area contributed by atoms with Crippen molar-refractivity contribution < 1.29 is 14.5 Å². The quantitative estimate of drug-likeness (QED) is 0.284. The number of nitrogens with one attached hydrogen (secondary N) is 1. The first-order chi connectivity index (χ1) is 14.8. The van der Waals surface area contributed by atoms with Crippen molar-refractivity contribution in [3.05, 3.63) is 99.1 Å². The molecule has 3 rings (SSSR count). The Morgan fingerprint density at radius 3 is 2.35 bits per heavy atom. The molecule has 3 aromatic rings. The van der Waals surface area contributed by atoms with E-state index < -0.39 is 16.6 Å². The van der Waals surface area contributed by atoms with E-state index in [4.69, 9.17) is 6.42 Å². The predicted molar refractivity (Wildman–Crippen MR) is 120 cm³/mol. The van der Waals surface area contributed by atoms with Crippen molar-refractivity contribution in [2.24, 2.45) is 0 Å². The summed E-state index contributed by atoms with van der Waals surface area (Å²) < 4.78 is 0. The molecule has 0 atom stereocenters. The summed E-state index contributed by atoms with van der Waals surface area (Å²) in [5.41, 5.74) is 1.69. The molecule has 0 fully saturated rings. The molecule has 0 heterocycles. The number of terminal acetylenes is 1. The third kappa shape index (κ3) is 4.60. The van der Waals surface area contributed by atoms with E-state index in [9.17, 15) is 19.7 Å². The van der Waals surface area contributed by atoms with Crippen LogP contribution in [-0.4, -0.2) is 30.7 Å². The molecule has 0 aliphatic carbocycles. The van der Waals surface area contributed by atoms with Gasteiger partial charge in [0.1, 0.15) is 5.69 Å². The van der Waals surface area contributed by atoms with Gasteiger partial charge in [-0.05, 0) is 36.4 Å². The van der Waals surface area contributed by atoms with Gasteiger partial charge in [-0.1, -0.05) is 30.2 Å². The van der Waals surface area contributed by atoms with Crippen LogP contribution in [0.5, 0.6) is 0 Å². The normalized spacial score (nSPS) is 10.1. The number of amides is 1. The van der Waals surface area contributed by atoms with E-state index in [2.05, 4.69) is 11.2 Å². The van der Waals surface area contributed by atoms with Crippen molar-refractivity contribution in [3.63, 3.8) is 0 Å². The second-order valence-corrected chi connectivity index (χ2v) is 6.91. The summed E-state index contributed by atoms with van der Waals surface area (Å²) in [4.78, 5) is 38.5. The molecule has 0 saturated heterocycles. The van der Waals surface area contributed by atoms with Crippen molar-refractivity contribution in [1.82, 2.24) is 0 Å². The van der Waals surface area contributed by atoms with Crippen LogP contribution in [0.4, 0.5) is 17.1 Å². The highest BCUT2D eigenvalue weighted by molar-refractivity contribution is 6.18. The number of nitro benzene ring substituents is 1. The van der Waals surface area contributed by atoms with Crippen molar-refractivity contribution in [2.75, 3.05) is 24.3 Å².